The first-order valence-electron chi connectivity index (χ1n) is 5.24. The van der Waals surface area contributed by atoms with E-state index in [-0.39, 0.29) is 9.52 Å². The van der Waals surface area contributed by atoms with Crippen molar-refractivity contribution in [3.8, 4) is 0 Å². The van der Waals surface area contributed by atoms with Gasteiger partial charge in [-0.3, -0.25) is 4.84 Å². The van der Waals surface area contributed by atoms with E-state index in [2.05, 4.69) is 19.3 Å². The van der Waals surface area contributed by atoms with Crippen LogP contribution in [0, 0.1) is 0 Å². The molecule has 1 atom stereocenters. The Morgan fingerprint density at radius 1 is 1.42 bits per heavy atom. The van der Waals surface area contributed by atoms with E-state index in [0.29, 0.717) is 5.22 Å². The van der Waals surface area contributed by atoms with Gasteiger partial charge in [-0.2, -0.15) is 0 Å². The molecule has 0 aromatic carbocycles. The predicted octanol–water partition coefficient (Wildman–Crippen LogP) is 1.40. The van der Waals surface area contributed by atoms with Crippen LogP contribution in [-0.4, -0.2) is 21.3 Å². The van der Waals surface area contributed by atoms with Crippen LogP contribution in [0.1, 0.15) is 39.5 Å². The maximum absolute atomic E-state index is 5.78. The van der Waals surface area contributed by atoms with E-state index in [0.717, 1.165) is 6.54 Å². The molecule has 0 amide bonds. The summed E-state index contributed by atoms with van der Waals surface area (Å²) in [4.78, 5) is 5.78. The maximum atomic E-state index is 5.78. The smallest absolute Gasteiger partial charge is 0.0726 e. The van der Waals surface area contributed by atoms with Crippen LogP contribution in [0.5, 0.6) is 0 Å². The summed E-state index contributed by atoms with van der Waals surface area (Å²) in [5.41, 5.74) is 3.04. The Morgan fingerprint density at radius 2 is 2.25 bits per heavy atom. The van der Waals surface area contributed by atoms with Crippen molar-refractivity contribution < 1.29 is 4.84 Å². The third-order valence-corrected chi connectivity index (χ3v) is 5.60. The highest BCUT2D eigenvalue weighted by molar-refractivity contribution is 6.39. The first-order valence-corrected chi connectivity index (χ1v) is 6.94. The lowest BCUT2D eigenvalue weighted by Crippen LogP contribution is -2.45. The number of hydroxylamine groups is 1. The summed E-state index contributed by atoms with van der Waals surface area (Å²) < 4.78 is 0. The van der Waals surface area contributed by atoms with Crippen LogP contribution in [0.25, 0.3) is 0 Å². The van der Waals surface area contributed by atoms with Crippen molar-refractivity contribution in [1.82, 2.24) is 5.48 Å². The normalized spacial score (nSPS) is 32.5. The van der Waals surface area contributed by atoms with Gasteiger partial charge in [-0.1, -0.05) is 32.7 Å². The Morgan fingerprint density at radius 3 is 2.75 bits per heavy atom. The molecule has 2 nitrogen and oxygen atoms in total. The molecule has 1 saturated heterocycles. The summed E-state index contributed by atoms with van der Waals surface area (Å²) in [6.45, 7) is 5.28. The molecule has 0 spiro atoms. The molecule has 12 heavy (non-hydrogen) atoms. The van der Waals surface area contributed by atoms with E-state index in [9.17, 15) is 0 Å². The fourth-order valence-corrected chi connectivity index (χ4v) is 4.25. The van der Waals surface area contributed by atoms with Crippen LogP contribution >= 0.6 is 0 Å². The summed E-state index contributed by atoms with van der Waals surface area (Å²) >= 11 is 0. The Hall–Kier alpha value is 0.137. The minimum absolute atomic E-state index is 0.0106. The van der Waals surface area contributed by atoms with E-state index < -0.39 is 0 Å². The zero-order chi connectivity index (χ0) is 8.86. The quantitative estimate of drug-likeness (QED) is 0.531. The van der Waals surface area contributed by atoms with Gasteiger partial charge >= 0.3 is 0 Å². The monoisotopic (exact) mass is 187 g/mol. The van der Waals surface area contributed by atoms with Crippen molar-refractivity contribution in [2.75, 3.05) is 6.54 Å². The molecular weight excluding hydrogens is 166 g/mol. The molecule has 1 heterocycles. The van der Waals surface area contributed by atoms with E-state index in [1.807, 2.05) is 0 Å². The van der Waals surface area contributed by atoms with Gasteiger partial charge in [-0.15, -0.1) is 0 Å². The third-order valence-electron chi connectivity index (χ3n) is 2.84. The van der Waals surface area contributed by atoms with Gasteiger partial charge < -0.3 is 0 Å². The molecule has 0 aliphatic carbocycles. The molecule has 0 aromatic heterocycles. The van der Waals surface area contributed by atoms with E-state index in [1.54, 1.807) is 0 Å². The molecule has 1 rings (SSSR count). The molecule has 1 fully saturated rings. The van der Waals surface area contributed by atoms with Gasteiger partial charge in [-0.25, -0.2) is 5.48 Å². The van der Waals surface area contributed by atoms with Gasteiger partial charge in [0.05, 0.1) is 14.7 Å². The molecule has 0 bridgehead atoms. The van der Waals surface area contributed by atoms with Crippen molar-refractivity contribution in [2.45, 2.75) is 50.8 Å². The van der Waals surface area contributed by atoms with E-state index >= 15 is 0 Å². The van der Waals surface area contributed by atoms with Crippen LogP contribution in [0.2, 0.25) is 6.04 Å². The minimum atomic E-state index is 0.0106. The lowest BCUT2D eigenvalue weighted by atomic mass is 10.1. The third kappa shape index (κ3) is 2.57. The molecule has 1 aliphatic heterocycles. The first-order chi connectivity index (χ1) is 5.83. The SMILES string of the molecule is CCNOC1(CC)CCCC[SiH2]1. The molecule has 1 unspecified atom stereocenters. The molecule has 72 valence electrons. The molecule has 0 aromatic rings. The van der Waals surface area contributed by atoms with Crippen LogP contribution < -0.4 is 5.48 Å². The Bertz CT molecular complexity index is 124. The van der Waals surface area contributed by atoms with Crippen LogP contribution in [0.4, 0.5) is 0 Å². The van der Waals surface area contributed by atoms with Crippen molar-refractivity contribution >= 4 is 9.52 Å². The van der Waals surface area contributed by atoms with Gasteiger partial charge in [0.15, 0.2) is 0 Å². The second-order valence-electron chi connectivity index (χ2n) is 3.70. The lowest BCUT2D eigenvalue weighted by molar-refractivity contribution is -0.0641. The minimum Gasteiger partial charge on any atom is -0.300 e. The summed E-state index contributed by atoms with van der Waals surface area (Å²) in [6, 6.07) is 1.47. The second-order valence-corrected chi connectivity index (χ2v) is 6.19. The molecular formula is C9H21NOSi. The van der Waals surface area contributed by atoms with Crippen molar-refractivity contribution in [3.05, 3.63) is 0 Å². The highest BCUT2D eigenvalue weighted by Crippen LogP contribution is 2.27. The van der Waals surface area contributed by atoms with Gasteiger partial charge in [0.1, 0.15) is 0 Å². The number of rotatable bonds is 4. The van der Waals surface area contributed by atoms with Crippen LogP contribution in [0.15, 0.2) is 0 Å². The second kappa shape index (κ2) is 4.99. The Kier molecular flexibility index (Phi) is 4.25. The number of hydrogen-bond donors (Lipinski definition) is 1. The Labute approximate surface area is 77.8 Å². The molecule has 1 aliphatic rings. The average Bonchev–Trinajstić information content (AvgIpc) is 2.16. The lowest BCUT2D eigenvalue weighted by Gasteiger charge is -2.35. The Balaban J connectivity index is 2.37. The predicted molar refractivity (Wildman–Crippen MR) is 55.0 cm³/mol. The zero-order valence-corrected chi connectivity index (χ0v) is 9.77. The number of hydrogen-bond acceptors (Lipinski definition) is 2. The van der Waals surface area contributed by atoms with Gasteiger partial charge in [0, 0.05) is 6.54 Å². The summed E-state index contributed by atoms with van der Waals surface area (Å²) in [7, 11) is 0.0106. The van der Waals surface area contributed by atoms with Gasteiger partial charge in [0.2, 0.25) is 0 Å². The maximum Gasteiger partial charge on any atom is 0.0726 e. The fourth-order valence-electron chi connectivity index (χ4n) is 1.95. The summed E-state index contributed by atoms with van der Waals surface area (Å²) in [5, 5.41) is 0.300. The molecule has 0 radical (unpaired) electrons. The van der Waals surface area contributed by atoms with Gasteiger partial charge in [-0.05, 0) is 12.8 Å². The highest BCUT2D eigenvalue weighted by atomic mass is 28.2. The summed E-state index contributed by atoms with van der Waals surface area (Å²) in [5.74, 6) is 0. The van der Waals surface area contributed by atoms with Crippen LogP contribution in [0.3, 0.4) is 0 Å². The van der Waals surface area contributed by atoms with Crippen molar-refractivity contribution in [3.63, 3.8) is 0 Å². The van der Waals surface area contributed by atoms with E-state index in [1.165, 1.54) is 31.7 Å². The zero-order valence-electron chi connectivity index (χ0n) is 8.36. The topological polar surface area (TPSA) is 21.3 Å². The van der Waals surface area contributed by atoms with E-state index in [4.69, 9.17) is 4.84 Å². The van der Waals surface area contributed by atoms with Crippen molar-refractivity contribution in [1.29, 1.82) is 0 Å². The van der Waals surface area contributed by atoms with Crippen LogP contribution in [-0.2, 0) is 4.84 Å². The largest absolute Gasteiger partial charge is 0.300 e. The molecule has 1 N–H and O–H groups in total. The fraction of sp³-hybridized carbons (Fsp3) is 1.00. The summed E-state index contributed by atoms with van der Waals surface area (Å²) in [6.07, 6.45) is 5.31. The standard InChI is InChI=1S/C9H21NOSi/c1-3-9(11-10-4-2)7-5-6-8-12-9/h10H,3-8,12H2,1-2H3. The average molecular weight is 187 g/mol. The van der Waals surface area contributed by atoms with Crippen molar-refractivity contribution in [2.24, 2.45) is 0 Å². The number of nitrogens with one attached hydrogen (secondary N) is 1. The molecule has 3 heteroatoms. The molecule has 0 saturated carbocycles. The highest BCUT2D eigenvalue weighted by Gasteiger charge is 2.31. The van der Waals surface area contributed by atoms with Gasteiger partial charge in [0.25, 0.3) is 0 Å². The first kappa shape index (κ1) is 10.2.